The van der Waals surface area contributed by atoms with Crippen LogP contribution in [0, 0.1) is 25.7 Å². The fraction of sp³-hybridized carbons (Fsp3) is 0.684. The molecule has 0 aromatic heterocycles. The third kappa shape index (κ3) is 4.55. The van der Waals surface area contributed by atoms with E-state index in [0.717, 1.165) is 37.0 Å². The minimum atomic E-state index is -0.361. The fourth-order valence-electron chi connectivity index (χ4n) is 3.35. The summed E-state index contributed by atoms with van der Waals surface area (Å²) in [6.07, 6.45) is 3.52. The van der Waals surface area contributed by atoms with E-state index in [9.17, 15) is 5.11 Å². The van der Waals surface area contributed by atoms with E-state index in [-0.39, 0.29) is 6.10 Å². The van der Waals surface area contributed by atoms with Gasteiger partial charge in [0.25, 0.3) is 0 Å². The molecular weight excluding hydrogens is 258 g/mol. The summed E-state index contributed by atoms with van der Waals surface area (Å²) in [4.78, 5) is 2.45. The quantitative estimate of drug-likeness (QED) is 0.902. The number of aryl methyl sites for hydroxylation is 2. The molecule has 21 heavy (non-hydrogen) atoms. The minimum absolute atomic E-state index is 0.361. The normalized spacial score (nSPS) is 22.3. The zero-order valence-electron chi connectivity index (χ0n) is 14.1. The third-order valence-electron chi connectivity index (χ3n) is 5.16. The number of hydrogen-bond acceptors (Lipinski definition) is 2. The second-order valence-electron chi connectivity index (χ2n) is 7.10. The van der Waals surface area contributed by atoms with Crippen LogP contribution in [0.4, 0.5) is 0 Å². The van der Waals surface area contributed by atoms with Crippen LogP contribution in [0.3, 0.4) is 0 Å². The van der Waals surface area contributed by atoms with Crippen LogP contribution >= 0.6 is 0 Å². The molecule has 2 rings (SSSR count). The number of rotatable bonds is 4. The Morgan fingerprint density at radius 2 is 1.90 bits per heavy atom. The van der Waals surface area contributed by atoms with Gasteiger partial charge in [0.15, 0.2) is 0 Å². The van der Waals surface area contributed by atoms with E-state index in [2.05, 4.69) is 50.8 Å². The Kier molecular flexibility index (Phi) is 5.83. The lowest BCUT2D eigenvalue weighted by Gasteiger charge is -2.24. The van der Waals surface area contributed by atoms with Crippen molar-refractivity contribution in [3.63, 3.8) is 0 Å². The maximum Gasteiger partial charge on any atom is 0.0917 e. The van der Waals surface area contributed by atoms with Gasteiger partial charge in [-0.2, -0.15) is 0 Å². The van der Waals surface area contributed by atoms with Gasteiger partial charge in [-0.3, -0.25) is 0 Å². The summed E-state index contributed by atoms with van der Waals surface area (Å²) in [7, 11) is 0. The van der Waals surface area contributed by atoms with Crippen molar-refractivity contribution < 1.29 is 5.11 Å². The van der Waals surface area contributed by atoms with Gasteiger partial charge in [0.05, 0.1) is 6.10 Å². The molecule has 2 atom stereocenters. The standard InChI is InChI=1S/C19H31NO/c1-14(2)17-6-5-10-20(11-9-17)13-19(21)18-8-7-15(3)16(4)12-18/h7-8,12,14,17,19,21H,5-6,9-11,13H2,1-4H3. The van der Waals surface area contributed by atoms with Crippen LogP contribution in [0.2, 0.25) is 0 Å². The number of β-amino-alcohol motifs (C(OH)–C–C–N with tert-alkyl or cyclic N) is 1. The topological polar surface area (TPSA) is 23.5 Å². The number of likely N-dealkylation sites (tertiary alicyclic amines) is 1. The van der Waals surface area contributed by atoms with Gasteiger partial charge in [0.1, 0.15) is 0 Å². The molecule has 0 amide bonds. The maximum absolute atomic E-state index is 10.5. The van der Waals surface area contributed by atoms with Gasteiger partial charge in [0.2, 0.25) is 0 Å². The van der Waals surface area contributed by atoms with E-state index in [1.165, 1.54) is 30.4 Å². The highest BCUT2D eigenvalue weighted by Gasteiger charge is 2.21. The second-order valence-corrected chi connectivity index (χ2v) is 7.10. The van der Waals surface area contributed by atoms with Gasteiger partial charge in [-0.15, -0.1) is 0 Å². The van der Waals surface area contributed by atoms with E-state index in [0.29, 0.717) is 0 Å². The van der Waals surface area contributed by atoms with Crippen molar-refractivity contribution in [1.29, 1.82) is 0 Å². The first-order valence-corrected chi connectivity index (χ1v) is 8.45. The molecule has 1 aliphatic heterocycles. The van der Waals surface area contributed by atoms with E-state index in [1.807, 2.05) is 0 Å². The molecule has 1 heterocycles. The molecule has 1 fully saturated rings. The van der Waals surface area contributed by atoms with Gasteiger partial charge in [-0.05, 0) is 74.7 Å². The van der Waals surface area contributed by atoms with Crippen LogP contribution in [0.15, 0.2) is 18.2 Å². The molecule has 1 aliphatic rings. The van der Waals surface area contributed by atoms with Crippen molar-refractivity contribution in [3.05, 3.63) is 34.9 Å². The Morgan fingerprint density at radius 3 is 2.57 bits per heavy atom. The summed E-state index contributed by atoms with van der Waals surface area (Å²) in [5.74, 6) is 1.64. The summed E-state index contributed by atoms with van der Waals surface area (Å²) in [6, 6.07) is 6.32. The highest BCUT2D eigenvalue weighted by Crippen LogP contribution is 2.26. The van der Waals surface area contributed by atoms with Crippen molar-refractivity contribution in [2.75, 3.05) is 19.6 Å². The lowest BCUT2D eigenvalue weighted by atomic mass is 9.89. The largest absolute Gasteiger partial charge is 0.387 e. The molecule has 2 nitrogen and oxygen atoms in total. The smallest absolute Gasteiger partial charge is 0.0917 e. The number of aliphatic hydroxyl groups excluding tert-OH is 1. The van der Waals surface area contributed by atoms with Crippen molar-refractivity contribution in [2.45, 2.75) is 53.1 Å². The first kappa shape index (κ1) is 16.5. The average molecular weight is 289 g/mol. The Balaban J connectivity index is 1.93. The second kappa shape index (κ2) is 7.42. The molecule has 1 aromatic carbocycles. The van der Waals surface area contributed by atoms with Crippen LogP contribution in [-0.2, 0) is 0 Å². The molecule has 1 saturated heterocycles. The van der Waals surface area contributed by atoms with Gasteiger partial charge < -0.3 is 10.0 Å². The zero-order valence-corrected chi connectivity index (χ0v) is 14.1. The molecule has 118 valence electrons. The van der Waals surface area contributed by atoms with Crippen LogP contribution in [-0.4, -0.2) is 29.6 Å². The summed E-state index contributed by atoms with van der Waals surface area (Å²) in [5.41, 5.74) is 3.62. The minimum Gasteiger partial charge on any atom is -0.387 e. The molecule has 0 radical (unpaired) electrons. The average Bonchev–Trinajstić information content (AvgIpc) is 2.67. The van der Waals surface area contributed by atoms with Crippen LogP contribution < -0.4 is 0 Å². The first-order chi connectivity index (χ1) is 9.97. The Labute approximate surface area is 130 Å². The van der Waals surface area contributed by atoms with Crippen molar-refractivity contribution in [2.24, 2.45) is 11.8 Å². The summed E-state index contributed by atoms with van der Waals surface area (Å²) < 4.78 is 0. The summed E-state index contributed by atoms with van der Waals surface area (Å²) in [6.45, 7) is 11.9. The van der Waals surface area contributed by atoms with Crippen LogP contribution in [0.25, 0.3) is 0 Å². The summed E-state index contributed by atoms with van der Waals surface area (Å²) in [5, 5.41) is 10.5. The molecule has 1 N–H and O–H groups in total. The Bertz CT molecular complexity index is 455. The van der Waals surface area contributed by atoms with E-state index < -0.39 is 0 Å². The molecule has 0 spiro atoms. The maximum atomic E-state index is 10.5. The van der Waals surface area contributed by atoms with Crippen molar-refractivity contribution >= 4 is 0 Å². The van der Waals surface area contributed by atoms with Crippen molar-refractivity contribution in [3.8, 4) is 0 Å². The van der Waals surface area contributed by atoms with E-state index >= 15 is 0 Å². The lowest BCUT2D eigenvalue weighted by molar-refractivity contribution is 0.114. The van der Waals surface area contributed by atoms with Gasteiger partial charge >= 0.3 is 0 Å². The number of benzene rings is 1. The number of hydrogen-bond donors (Lipinski definition) is 1. The summed E-state index contributed by atoms with van der Waals surface area (Å²) >= 11 is 0. The first-order valence-electron chi connectivity index (χ1n) is 8.45. The third-order valence-corrected chi connectivity index (χ3v) is 5.16. The van der Waals surface area contributed by atoms with Crippen molar-refractivity contribution in [1.82, 2.24) is 4.90 Å². The predicted octanol–water partition coefficient (Wildman–Crippen LogP) is 4.09. The number of aliphatic hydroxyl groups is 1. The van der Waals surface area contributed by atoms with Gasteiger partial charge in [-0.25, -0.2) is 0 Å². The van der Waals surface area contributed by atoms with E-state index in [4.69, 9.17) is 0 Å². The van der Waals surface area contributed by atoms with E-state index in [1.54, 1.807) is 0 Å². The number of nitrogens with zero attached hydrogens (tertiary/aromatic N) is 1. The molecule has 0 bridgehead atoms. The SMILES string of the molecule is Cc1ccc(C(O)CN2CCCC(C(C)C)CC2)cc1C. The predicted molar refractivity (Wildman–Crippen MR) is 89.5 cm³/mol. The van der Waals surface area contributed by atoms with Crippen LogP contribution in [0.5, 0.6) is 0 Å². The highest BCUT2D eigenvalue weighted by atomic mass is 16.3. The fourth-order valence-corrected chi connectivity index (χ4v) is 3.35. The molecule has 0 aliphatic carbocycles. The lowest BCUT2D eigenvalue weighted by Crippen LogP contribution is -2.30. The van der Waals surface area contributed by atoms with Crippen LogP contribution in [0.1, 0.15) is 55.9 Å². The molecule has 1 aromatic rings. The van der Waals surface area contributed by atoms with Gasteiger partial charge in [-0.1, -0.05) is 32.0 Å². The monoisotopic (exact) mass is 289 g/mol. The molecular formula is C19H31NO. The molecule has 2 unspecified atom stereocenters. The Hall–Kier alpha value is -0.860. The molecule has 2 heteroatoms. The Morgan fingerprint density at radius 1 is 1.14 bits per heavy atom. The highest BCUT2D eigenvalue weighted by molar-refractivity contribution is 5.31. The molecule has 0 saturated carbocycles. The van der Waals surface area contributed by atoms with Gasteiger partial charge in [0, 0.05) is 6.54 Å². The zero-order chi connectivity index (χ0) is 15.4.